The molecule has 0 unspecified atom stereocenters. The topological polar surface area (TPSA) is 66.5 Å². The minimum Gasteiger partial charge on any atom is -0.339 e. The number of carbonyl (C=O) groups excluding carboxylic acids is 1. The molecule has 1 aliphatic heterocycles. The SMILES string of the molecule is Cc1ccccc1-c1ccc(S(=O)(=O)Nc2ccc(C(=O)N3CCC(C)CC3)cc2)cc1. The number of benzene rings is 3. The van der Waals surface area contributed by atoms with Crippen molar-refractivity contribution in [3.8, 4) is 11.1 Å². The molecule has 5 nitrogen and oxygen atoms in total. The highest BCUT2D eigenvalue weighted by Gasteiger charge is 2.21. The molecule has 0 atom stereocenters. The Balaban J connectivity index is 1.45. The number of hydrogen-bond donors (Lipinski definition) is 1. The minimum absolute atomic E-state index is 0.00176. The van der Waals surface area contributed by atoms with E-state index in [4.69, 9.17) is 0 Å². The van der Waals surface area contributed by atoms with Gasteiger partial charge in [-0.25, -0.2) is 8.42 Å². The van der Waals surface area contributed by atoms with E-state index in [1.807, 2.05) is 48.2 Å². The Kier molecular flexibility index (Phi) is 6.33. The molecule has 0 saturated carbocycles. The zero-order valence-electron chi connectivity index (χ0n) is 18.4. The first kappa shape index (κ1) is 22.1. The fraction of sp³-hybridized carbons (Fsp3) is 0.269. The van der Waals surface area contributed by atoms with Gasteiger partial charge in [0.15, 0.2) is 0 Å². The van der Waals surface area contributed by atoms with E-state index in [-0.39, 0.29) is 10.8 Å². The number of nitrogens with one attached hydrogen (secondary N) is 1. The highest BCUT2D eigenvalue weighted by molar-refractivity contribution is 7.92. The van der Waals surface area contributed by atoms with Crippen molar-refractivity contribution in [2.45, 2.75) is 31.6 Å². The van der Waals surface area contributed by atoms with Gasteiger partial charge < -0.3 is 4.90 Å². The van der Waals surface area contributed by atoms with Crippen LogP contribution in [0.15, 0.2) is 77.7 Å². The van der Waals surface area contributed by atoms with Gasteiger partial charge >= 0.3 is 0 Å². The average Bonchev–Trinajstić information content (AvgIpc) is 2.80. The summed E-state index contributed by atoms with van der Waals surface area (Å²) in [5.74, 6) is 0.653. The molecule has 0 aromatic heterocycles. The lowest BCUT2D eigenvalue weighted by Crippen LogP contribution is -2.37. The largest absolute Gasteiger partial charge is 0.339 e. The highest BCUT2D eigenvalue weighted by atomic mass is 32.2. The van der Waals surface area contributed by atoms with Crippen LogP contribution in [0.4, 0.5) is 5.69 Å². The normalized spacial score (nSPS) is 14.9. The predicted molar refractivity (Wildman–Crippen MR) is 128 cm³/mol. The lowest BCUT2D eigenvalue weighted by Gasteiger charge is -2.30. The third kappa shape index (κ3) is 4.86. The number of piperidine rings is 1. The van der Waals surface area contributed by atoms with Crippen LogP contribution < -0.4 is 4.72 Å². The summed E-state index contributed by atoms with van der Waals surface area (Å²) in [6.45, 7) is 5.78. The second-order valence-electron chi connectivity index (χ2n) is 8.50. The molecule has 0 spiro atoms. The Morgan fingerprint density at radius 2 is 1.53 bits per heavy atom. The maximum atomic E-state index is 12.8. The zero-order valence-corrected chi connectivity index (χ0v) is 19.2. The van der Waals surface area contributed by atoms with Crippen LogP contribution in [0, 0.1) is 12.8 Å². The second kappa shape index (κ2) is 9.17. The summed E-state index contributed by atoms with van der Waals surface area (Å²) < 4.78 is 28.3. The second-order valence-corrected chi connectivity index (χ2v) is 10.2. The van der Waals surface area contributed by atoms with Crippen molar-refractivity contribution >= 4 is 21.6 Å². The van der Waals surface area contributed by atoms with Crippen molar-refractivity contribution in [3.63, 3.8) is 0 Å². The van der Waals surface area contributed by atoms with Gasteiger partial charge in [-0.2, -0.15) is 0 Å². The maximum absolute atomic E-state index is 12.8. The summed E-state index contributed by atoms with van der Waals surface area (Å²) in [6, 6.07) is 21.5. The van der Waals surface area contributed by atoms with Crippen molar-refractivity contribution in [2.75, 3.05) is 17.8 Å². The van der Waals surface area contributed by atoms with Gasteiger partial charge in [0, 0.05) is 24.3 Å². The van der Waals surface area contributed by atoms with Crippen LogP contribution in [0.25, 0.3) is 11.1 Å². The van der Waals surface area contributed by atoms with Gasteiger partial charge in [-0.3, -0.25) is 9.52 Å². The first-order valence-electron chi connectivity index (χ1n) is 10.9. The van der Waals surface area contributed by atoms with E-state index in [9.17, 15) is 13.2 Å². The molecule has 1 amide bonds. The number of amides is 1. The van der Waals surface area contributed by atoms with Crippen LogP contribution >= 0.6 is 0 Å². The van der Waals surface area contributed by atoms with E-state index < -0.39 is 10.0 Å². The maximum Gasteiger partial charge on any atom is 0.261 e. The van der Waals surface area contributed by atoms with Crippen molar-refractivity contribution in [1.82, 2.24) is 4.90 Å². The number of rotatable bonds is 5. The summed E-state index contributed by atoms with van der Waals surface area (Å²) in [5, 5.41) is 0. The van der Waals surface area contributed by atoms with E-state index >= 15 is 0 Å². The molecule has 0 aliphatic carbocycles. The number of sulfonamides is 1. The van der Waals surface area contributed by atoms with E-state index in [2.05, 4.69) is 11.6 Å². The van der Waals surface area contributed by atoms with Crippen LogP contribution in [0.2, 0.25) is 0 Å². The Labute approximate surface area is 190 Å². The van der Waals surface area contributed by atoms with Crippen molar-refractivity contribution in [3.05, 3.63) is 83.9 Å². The van der Waals surface area contributed by atoms with E-state index in [0.29, 0.717) is 17.2 Å². The fourth-order valence-electron chi connectivity index (χ4n) is 4.00. The third-order valence-electron chi connectivity index (χ3n) is 6.08. The van der Waals surface area contributed by atoms with E-state index in [1.54, 1.807) is 36.4 Å². The van der Waals surface area contributed by atoms with Gasteiger partial charge in [0.25, 0.3) is 15.9 Å². The molecule has 1 heterocycles. The lowest BCUT2D eigenvalue weighted by atomic mass is 9.98. The fourth-order valence-corrected chi connectivity index (χ4v) is 5.06. The number of nitrogens with zero attached hydrogens (tertiary/aromatic N) is 1. The Morgan fingerprint density at radius 1 is 0.906 bits per heavy atom. The van der Waals surface area contributed by atoms with Crippen LogP contribution in [-0.2, 0) is 10.0 Å². The predicted octanol–water partition coefficient (Wildman–Crippen LogP) is 5.33. The first-order chi connectivity index (χ1) is 15.3. The Bertz CT molecular complexity index is 1190. The zero-order chi connectivity index (χ0) is 22.7. The molecular weight excluding hydrogens is 420 g/mol. The van der Waals surface area contributed by atoms with Gasteiger partial charge in [-0.05, 0) is 78.8 Å². The molecule has 1 aliphatic rings. The Morgan fingerprint density at radius 3 is 2.16 bits per heavy atom. The van der Waals surface area contributed by atoms with Gasteiger partial charge in [0.05, 0.1) is 4.90 Å². The molecule has 3 aromatic carbocycles. The molecule has 1 N–H and O–H groups in total. The summed E-state index contributed by atoms with van der Waals surface area (Å²) in [6.07, 6.45) is 2.04. The minimum atomic E-state index is -3.73. The summed E-state index contributed by atoms with van der Waals surface area (Å²) in [7, 11) is -3.73. The summed E-state index contributed by atoms with van der Waals surface area (Å²) >= 11 is 0. The Hall–Kier alpha value is -3.12. The molecule has 0 bridgehead atoms. The standard InChI is InChI=1S/C26H28N2O3S/c1-19-15-17-28(18-16-19)26(29)22-7-11-23(12-8-22)27-32(30,31)24-13-9-21(10-14-24)25-6-4-3-5-20(25)2/h3-14,19,27H,15-18H2,1-2H3. The van der Waals surface area contributed by atoms with Crippen molar-refractivity contribution in [2.24, 2.45) is 5.92 Å². The molecule has 0 radical (unpaired) electrons. The quantitative estimate of drug-likeness (QED) is 0.573. The third-order valence-corrected chi connectivity index (χ3v) is 7.47. The number of hydrogen-bond acceptors (Lipinski definition) is 3. The van der Waals surface area contributed by atoms with E-state index in [1.165, 1.54) is 0 Å². The number of aryl methyl sites for hydroxylation is 1. The van der Waals surface area contributed by atoms with Crippen molar-refractivity contribution in [1.29, 1.82) is 0 Å². The molecule has 1 fully saturated rings. The van der Waals surface area contributed by atoms with Crippen LogP contribution in [-0.4, -0.2) is 32.3 Å². The number of carbonyl (C=O) groups is 1. The molecule has 1 saturated heterocycles. The molecule has 6 heteroatoms. The highest BCUT2D eigenvalue weighted by Crippen LogP contribution is 2.25. The van der Waals surface area contributed by atoms with Gasteiger partial charge in [0.1, 0.15) is 0 Å². The van der Waals surface area contributed by atoms with E-state index in [0.717, 1.165) is 42.6 Å². The van der Waals surface area contributed by atoms with Crippen LogP contribution in [0.1, 0.15) is 35.7 Å². The molecule has 4 rings (SSSR count). The van der Waals surface area contributed by atoms with Crippen molar-refractivity contribution < 1.29 is 13.2 Å². The van der Waals surface area contributed by atoms with Crippen LogP contribution in [0.5, 0.6) is 0 Å². The number of likely N-dealkylation sites (tertiary alicyclic amines) is 1. The number of anilines is 1. The van der Waals surface area contributed by atoms with Gasteiger partial charge in [-0.15, -0.1) is 0 Å². The monoisotopic (exact) mass is 448 g/mol. The molecule has 3 aromatic rings. The molecule has 166 valence electrons. The lowest BCUT2D eigenvalue weighted by molar-refractivity contribution is 0.0697. The van der Waals surface area contributed by atoms with Gasteiger partial charge in [0.2, 0.25) is 0 Å². The summed E-state index contributed by atoms with van der Waals surface area (Å²) in [5.41, 5.74) is 4.18. The van der Waals surface area contributed by atoms with Gasteiger partial charge in [-0.1, -0.05) is 43.3 Å². The molecule has 32 heavy (non-hydrogen) atoms. The smallest absolute Gasteiger partial charge is 0.261 e. The first-order valence-corrected chi connectivity index (χ1v) is 12.4. The molecular formula is C26H28N2O3S. The average molecular weight is 449 g/mol. The van der Waals surface area contributed by atoms with Crippen LogP contribution in [0.3, 0.4) is 0 Å². The summed E-state index contributed by atoms with van der Waals surface area (Å²) in [4.78, 5) is 14.7.